The Morgan fingerprint density at radius 1 is 1.33 bits per heavy atom. The summed E-state index contributed by atoms with van der Waals surface area (Å²) in [5.41, 5.74) is 0. The highest BCUT2D eigenvalue weighted by atomic mass is 32.2. The van der Waals surface area contributed by atoms with Gasteiger partial charge in [0.15, 0.2) is 0 Å². The van der Waals surface area contributed by atoms with Crippen LogP contribution in [0.5, 0.6) is 0 Å². The Morgan fingerprint density at radius 3 is 2.92 bits per heavy atom. The molecule has 0 atom stereocenters. The summed E-state index contributed by atoms with van der Waals surface area (Å²) in [4.78, 5) is 1.31. The molecule has 0 saturated carbocycles. The zero-order valence-electron chi connectivity index (χ0n) is 7.62. The van der Waals surface area contributed by atoms with E-state index in [4.69, 9.17) is 0 Å². The minimum Gasteiger partial charge on any atom is -0.264 e. The molecular weight excluding hydrogens is 166 g/mol. The van der Waals surface area contributed by atoms with Crippen LogP contribution < -0.4 is 5.32 Å². The van der Waals surface area contributed by atoms with E-state index in [0.717, 1.165) is 0 Å². The zero-order chi connectivity index (χ0) is 8.65. The first-order valence-corrected chi connectivity index (χ1v) is 5.61. The second-order valence-corrected chi connectivity index (χ2v) is 4.07. The molecule has 0 aromatic rings. The van der Waals surface area contributed by atoms with Crippen LogP contribution in [0.3, 0.4) is 0 Å². The van der Waals surface area contributed by atoms with E-state index in [1.165, 1.54) is 36.3 Å². The van der Waals surface area contributed by atoms with E-state index in [2.05, 4.69) is 18.3 Å². The Hall–Kier alpha value is -0.370. The van der Waals surface area contributed by atoms with Gasteiger partial charge in [0.05, 0.1) is 0 Å². The molecule has 0 aromatic heterocycles. The Balaban J connectivity index is 1.92. The van der Waals surface area contributed by atoms with E-state index in [1.807, 2.05) is 24.2 Å². The maximum atomic E-state index is 4.02. The first kappa shape index (κ1) is 9.72. The van der Waals surface area contributed by atoms with Crippen molar-refractivity contribution < 1.29 is 0 Å². The first-order chi connectivity index (χ1) is 5.93. The number of hydrogen-bond donors (Lipinski definition) is 0. The third-order valence-electron chi connectivity index (χ3n) is 1.79. The summed E-state index contributed by atoms with van der Waals surface area (Å²) in [5.74, 6) is 1.24. The van der Waals surface area contributed by atoms with E-state index >= 15 is 0 Å². The average Bonchev–Trinajstić information content (AvgIpc) is 2.57. The van der Waals surface area contributed by atoms with Crippen LogP contribution in [-0.2, 0) is 0 Å². The molecule has 0 fully saturated rings. The van der Waals surface area contributed by atoms with Crippen LogP contribution in [0, 0.1) is 0 Å². The van der Waals surface area contributed by atoms with Gasteiger partial charge in [0.1, 0.15) is 0 Å². The van der Waals surface area contributed by atoms with Crippen LogP contribution >= 0.6 is 11.8 Å². The molecule has 0 aliphatic carbocycles. The Morgan fingerprint density at radius 2 is 2.25 bits per heavy atom. The number of hydrogen-bond acceptors (Lipinski definition) is 1. The van der Waals surface area contributed by atoms with Gasteiger partial charge in [-0.05, 0) is 18.2 Å². The summed E-state index contributed by atoms with van der Waals surface area (Å²) >= 11 is 1.92. The average molecular weight is 182 g/mol. The highest BCUT2D eigenvalue weighted by Crippen LogP contribution is 2.20. The van der Waals surface area contributed by atoms with E-state index in [9.17, 15) is 0 Å². The molecule has 1 aliphatic rings. The van der Waals surface area contributed by atoms with Crippen molar-refractivity contribution in [2.75, 3.05) is 5.75 Å². The molecule has 1 heterocycles. The summed E-state index contributed by atoms with van der Waals surface area (Å²) in [6.07, 6.45) is 11.3. The number of allylic oxidation sites excluding steroid dienone is 1. The quantitative estimate of drug-likeness (QED) is 0.575. The summed E-state index contributed by atoms with van der Waals surface area (Å²) in [5, 5.41) is 4.02. The van der Waals surface area contributed by atoms with Crippen LogP contribution in [0.2, 0.25) is 0 Å². The van der Waals surface area contributed by atoms with E-state index in [1.54, 1.807) is 0 Å². The van der Waals surface area contributed by atoms with Gasteiger partial charge in [-0.25, -0.2) is 0 Å². The van der Waals surface area contributed by atoms with E-state index in [0.29, 0.717) is 0 Å². The molecule has 1 radical (unpaired) electrons. The van der Waals surface area contributed by atoms with Crippen LogP contribution in [0.25, 0.3) is 0 Å². The van der Waals surface area contributed by atoms with Gasteiger partial charge in [-0.1, -0.05) is 26.2 Å². The molecule has 0 spiro atoms. The van der Waals surface area contributed by atoms with Crippen molar-refractivity contribution in [1.29, 1.82) is 0 Å². The molecular formula is C10H16NS. The van der Waals surface area contributed by atoms with Gasteiger partial charge >= 0.3 is 0 Å². The van der Waals surface area contributed by atoms with Crippen molar-refractivity contribution >= 4 is 11.8 Å². The van der Waals surface area contributed by atoms with Crippen molar-refractivity contribution in [3.05, 3.63) is 23.4 Å². The Bertz CT molecular complexity index is 173. The lowest BCUT2D eigenvalue weighted by Crippen LogP contribution is -1.80. The molecule has 0 amide bonds. The van der Waals surface area contributed by atoms with Crippen LogP contribution in [0.1, 0.15) is 32.6 Å². The fourth-order valence-corrected chi connectivity index (χ4v) is 1.96. The predicted molar refractivity (Wildman–Crippen MR) is 56.0 cm³/mol. The minimum atomic E-state index is 1.24. The highest BCUT2D eigenvalue weighted by Gasteiger charge is 1.98. The van der Waals surface area contributed by atoms with E-state index < -0.39 is 0 Å². The Kier molecular flexibility index (Phi) is 5.00. The van der Waals surface area contributed by atoms with Crippen LogP contribution in [-0.4, -0.2) is 5.75 Å². The van der Waals surface area contributed by atoms with Gasteiger partial charge in [-0.2, -0.15) is 0 Å². The largest absolute Gasteiger partial charge is 0.264 e. The van der Waals surface area contributed by atoms with Crippen molar-refractivity contribution in [2.24, 2.45) is 0 Å². The van der Waals surface area contributed by atoms with Crippen molar-refractivity contribution in [2.45, 2.75) is 32.6 Å². The Labute approximate surface area is 79.3 Å². The summed E-state index contributed by atoms with van der Waals surface area (Å²) < 4.78 is 0. The van der Waals surface area contributed by atoms with E-state index in [-0.39, 0.29) is 0 Å². The zero-order valence-corrected chi connectivity index (χ0v) is 8.44. The molecule has 0 unspecified atom stereocenters. The summed E-state index contributed by atoms with van der Waals surface area (Å²) in [6.45, 7) is 2.24. The second kappa shape index (κ2) is 6.18. The third kappa shape index (κ3) is 3.86. The van der Waals surface area contributed by atoms with Crippen molar-refractivity contribution in [1.82, 2.24) is 5.32 Å². The van der Waals surface area contributed by atoms with Gasteiger partial charge in [0.25, 0.3) is 0 Å². The van der Waals surface area contributed by atoms with Gasteiger partial charge in [-0.15, -0.1) is 11.8 Å². The second-order valence-electron chi connectivity index (χ2n) is 2.91. The third-order valence-corrected chi connectivity index (χ3v) is 2.86. The number of thioether (sulfide) groups is 1. The molecule has 1 nitrogen and oxygen atoms in total. The topological polar surface area (TPSA) is 14.1 Å². The first-order valence-electron chi connectivity index (χ1n) is 4.63. The van der Waals surface area contributed by atoms with Gasteiger partial charge in [0, 0.05) is 17.3 Å². The fraction of sp³-hybridized carbons (Fsp3) is 0.600. The van der Waals surface area contributed by atoms with Crippen LogP contribution in [0.15, 0.2) is 23.4 Å². The SMILES string of the molecule is CCCCCCSC1=C[N]C=C1. The normalized spacial score (nSPS) is 14.6. The fourth-order valence-electron chi connectivity index (χ4n) is 1.08. The van der Waals surface area contributed by atoms with Gasteiger partial charge < -0.3 is 0 Å². The molecule has 0 aromatic carbocycles. The molecule has 0 bridgehead atoms. The maximum absolute atomic E-state index is 4.02. The van der Waals surface area contributed by atoms with Gasteiger partial charge in [0.2, 0.25) is 0 Å². The molecule has 1 rings (SSSR count). The number of nitrogens with zero attached hydrogens (tertiary/aromatic N) is 1. The summed E-state index contributed by atoms with van der Waals surface area (Å²) in [7, 11) is 0. The standard InChI is InChI=1S/C10H16NS/c1-2-3-4-5-8-12-10-6-7-11-9-10/h6-7,9H,2-5,8H2,1H3. The lowest BCUT2D eigenvalue weighted by atomic mass is 10.2. The smallest absolute Gasteiger partial charge is 0.0404 e. The predicted octanol–water partition coefficient (Wildman–Crippen LogP) is 3.27. The van der Waals surface area contributed by atoms with Crippen molar-refractivity contribution in [3.8, 4) is 0 Å². The monoisotopic (exact) mass is 182 g/mol. The molecule has 2 heteroatoms. The van der Waals surface area contributed by atoms with Crippen molar-refractivity contribution in [3.63, 3.8) is 0 Å². The molecule has 1 aliphatic heterocycles. The molecule has 67 valence electrons. The molecule has 12 heavy (non-hydrogen) atoms. The molecule has 0 saturated heterocycles. The summed E-state index contributed by atoms with van der Waals surface area (Å²) in [6, 6.07) is 0. The van der Waals surface area contributed by atoms with Gasteiger partial charge in [-0.3, -0.25) is 5.32 Å². The number of rotatable bonds is 6. The minimum absolute atomic E-state index is 1.24. The lowest BCUT2D eigenvalue weighted by molar-refractivity contribution is 0.707. The maximum Gasteiger partial charge on any atom is 0.0404 e. The molecule has 0 N–H and O–H groups in total. The number of unbranched alkanes of at least 4 members (excludes halogenated alkanes) is 3. The van der Waals surface area contributed by atoms with Crippen LogP contribution in [0.4, 0.5) is 0 Å². The highest BCUT2D eigenvalue weighted by molar-refractivity contribution is 8.03. The lowest BCUT2D eigenvalue weighted by Gasteiger charge is -1.98.